The summed E-state index contributed by atoms with van der Waals surface area (Å²) in [6.07, 6.45) is 3.90. The minimum atomic E-state index is -1.45. The van der Waals surface area contributed by atoms with Gasteiger partial charge in [-0.2, -0.15) is 0 Å². The van der Waals surface area contributed by atoms with Gasteiger partial charge < -0.3 is 9.64 Å². The van der Waals surface area contributed by atoms with Crippen molar-refractivity contribution in [1.29, 1.82) is 0 Å². The summed E-state index contributed by atoms with van der Waals surface area (Å²) in [6.45, 7) is 1.55. The fourth-order valence-corrected chi connectivity index (χ4v) is 6.28. The summed E-state index contributed by atoms with van der Waals surface area (Å²) in [7, 11) is 1.58. The second-order valence-corrected chi connectivity index (χ2v) is 9.15. The van der Waals surface area contributed by atoms with E-state index in [1.807, 2.05) is 65.6 Å². The standard InChI is InChI=1S/C29H23NO4/c1-17(31)26-25(19-9-7-10-20(16-19)34-2)29(27(32)21-11-4-5-12-22(21)28(29)33)24-15-14-18-8-3-6-13-23(18)30(24)26/h3-16,24-26H,1-2H3/t24-,25-,26+/m0/s1. The second-order valence-electron chi connectivity index (χ2n) is 9.15. The molecule has 0 aromatic heterocycles. The van der Waals surface area contributed by atoms with Crippen molar-refractivity contribution >= 4 is 29.1 Å². The van der Waals surface area contributed by atoms with Gasteiger partial charge in [0.05, 0.1) is 19.2 Å². The third-order valence-electron chi connectivity index (χ3n) is 7.58. The number of fused-ring (bicyclic) bond motifs is 5. The molecule has 0 N–H and O–H groups in total. The molecule has 5 heteroatoms. The lowest BCUT2D eigenvalue weighted by Crippen LogP contribution is -2.48. The third-order valence-corrected chi connectivity index (χ3v) is 7.58. The topological polar surface area (TPSA) is 63.7 Å². The van der Waals surface area contributed by atoms with Gasteiger partial charge in [0.25, 0.3) is 0 Å². The summed E-state index contributed by atoms with van der Waals surface area (Å²) in [5.41, 5.74) is 1.97. The van der Waals surface area contributed by atoms with Gasteiger partial charge in [-0.15, -0.1) is 0 Å². The van der Waals surface area contributed by atoms with Crippen LogP contribution in [0.1, 0.15) is 44.7 Å². The molecular formula is C29H23NO4. The Balaban J connectivity index is 1.69. The molecule has 3 atom stereocenters. The number of methoxy groups -OCH3 is 1. The first-order valence-electron chi connectivity index (χ1n) is 11.4. The van der Waals surface area contributed by atoms with Crippen LogP contribution in [0.3, 0.4) is 0 Å². The van der Waals surface area contributed by atoms with Gasteiger partial charge in [0.2, 0.25) is 0 Å². The zero-order valence-corrected chi connectivity index (χ0v) is 18.9. The Morgan fingerprint density at radius 3 is 2.26 bits per heavy atom. The van der Waals surface area contributed by atoms with Crippen LogP contribution in [0.15, 0.2) is 78.9 Å². The van der Waals surface area contributed by atoms with Crippen LogP contribution in [0.2, 0.25) is 0 Å². The van der Waals surface area contributed by atoms with Gasteiger partial charge >= 0.3 is 0 Å². The number of nitrogens with zero attached hydrogens (tertiary/aromatic N) is 1. The molecule has 1 aliphatic carbocycles. The fraction of sp³-hybridized carbons (Fsp3) is 0.207. The highest BCUT2D eigenvalue weighted by molar-refractivity contribution is 6.32. The van der Waals surface area contributed by atoms with Crippen LogP contribution in [0.5, 0.6) is 5.75 Å². The molecule has 0 radical (unpaired) electrons. The van der Waals surface area contributed by atoms with E-state index in [0.717, 1.165) is 16.8 Å². The largest absolute Gasteiger partial charge is 0.497 e. The molecule has 3 aromatic carbocycles. The lowest BCUT2D eigenvalue weighted by Gasteiger charge is -2.37. The molecule has 2 heterocycles. The molecule has 5 nitrogen and oxygen atoms in total. The average molecular weight is 450 g/mol. The monoisotopic (exact) mass is 449 g/mol. The highest BCUT2D eigenvalue weighted by atomic mass is 16.5. The Morgan fingerprint density at radius 2 is 1.59 bits per heavy atom. The van der Waals surface area contributed by atoms with Gasteiger partial charge in [0.1, 0.15) is 11.2 Å². The van der Waals surface area contributed by atoms with Crippen LogP contribution in [-0.2, 0) is 4.79 Å². The van der Waals surface area contributed by atoms with Gasteiger partial charge in [-0.05, 0) is 36.2 Å². The van der Waals surface area contributed by atoms with E-state index < -0.39 is 23.4 Å². The number of anilines is 1. The van der Waals surface area contributed by atoms with Crippen molar-refractivity contribution in [3.05, 3.63) is 101 Å². The Kier molecular flexibility index (Phi) is 4.40. The number of para-hydroxylation sites is 1. The molecule has 6 rings (SSSR count). The first-order chi connectivity index (χ1) is 16.5. The molecule has 2 aliphatic heterocycles. The first kappa shape index (κ1) is 20.6. The fourth-order valence-electron chi connectivity index (χ4n) is 6.28. The molecule has 0 saturated carbocycles. The summed E-state index contributed by atoms with van der Waals surface area (Å²) in [6, 6.07) is 20.9. The Labute approximate surface area is 197 Å². The van der Waals surface area contributed by atoms with Crippen LogP contribution in [-0.4, -0.2) is 36.5 Å². The van der Waals surface area contributed by atoms with Crippen molar-refractivity contribution in [2.45, 2.75) is 24.9 Å². The van der Waals surface area contributed by atoms with Crippen molar-refractivity contribution in [2.75, 3.05) is 12.0 Å². The summed E-state index contributed by atoms with van der Waals surface area (Å²) in [5, 5.41) is 0. The quantitative estimate of drug-likeness (QED) is 0.542. The maximum Gasteiger partial charge on any atom is 0.180 e. The molecule has 0 unspecified atom stereocenters. The highest BCUT2D eigenvalue weighted by Gasteiger charge is 2.71. The number of hydrogen-bond acceptors (Lipinski definition) is 5. The normalized spacial score (nSPS) is 23.6. The Hall–Kier alpha value is -3.99. The van der Waals surface area contributed by atoms with Crippen molar-refractivity contribution in [1.82, 2.24) is 0 Å². The van der Waals surface area contributed by atoms with Gasteiger partial charge in [0.15, 0.2) is 17.3 Å². The molecule has 0 bridgehead atoms. The van der Waals surface area contributed by atoms with Crippen LogP contribution < -0.4 is 9.64 Å². The number of ketones is 3. The molecule has 1 spiro atoms. The molecule has 3 aliphatic rings. The molecule has 168 valence electrons. The Morgan fingerprint density at radius 1 is 0.912 bits per heavy atom. The van der Waals surface area contributed by atoms with E-state index in [9.17, 15) is 14.4 Å². The number of carbonyl (C=O) groups excluding carboxylic acids is 3. The van der Waals surface area contributed by atoms with E-state index in [-0.39, 0.29) is 17.3 Å². The SMILES string of the molecule is COc1cccc([C@H]2[C@@H](C(C)=O)N3c4ccccc4C=C[C@H]3C23C(=O)c2ccccc2C3=O)c1. The van der Waals surface area contributed by atoms with Crippen LogP contribution >= 0.6 is 0 Å². The summed E-state index contributed by atoms with van der Waals surface area (Å²) >= 11 is 0. The van der Waals surface area contributed by atoms with Crippen molar-refractivity contribution in [3.8, 4) is 5.75 Å². The van der Waals surface area contributed by atoms with Crippen LogP contribution in [0.4, 0.5) is 5.69 Å². The van der Waals surface area contributed by atoms with Gasteiger partial charge in [-0.3, -0.25) is 14.4 Å². The average Bonchev–Trinajstić information content (AvgIpc) is 3.31. The Bertz CT molecular complexity index is 1370. The van der Waals surface area contributed by atoms with Crippen molar-refractivity contribution in [3.63, 3.8) is 0 Å². The van der Waals surface area contributed by atoms with Gasteiger partial charge in [0, 0.05) is 22.7 Å². The van der Waals surface area contributed by atoms with E-state index >= 15 is 0 Å². The predicted octanol–water partition coefficient (Wildman–Crippen LogP) is 4.72. The van der Waals surface area contributed by atoms with Crippen molar-refractivity contribution in [2.24, 2.45) is 5.41 Å². The molecule has 0 amide bonds. The summed E-state index contributed by atoms with van der Waals surface area (Å²) in [4.78, 5) is 43.9. The molecule has 1 fully saturated rings. The van der Waals surface area contributed by atoms with Gasteiger partial charge in [-0.1, -0.05) is 66.7 Å². The first-order valence-corrected chi connectivity index (χ1v) is 11.4. The number of rotatable bonds is 3. The lowest BCUT2D eigenvalue weighted by atomic mass is 9.64. The smallest absolute Gasteiger partial charge is 0.180 e. The van der Waals surface area contributed by atoms with E-state index in [1.165, 1.54) is 0 Å². The number of Topliss-reactive ketones (excluding diaryl/α,β-unsaturated/α-hetero) is 3. The third kappa shape index (κ3) is 2.47. The minimum absolute atomic E-state index is 0.0867. The molecule has 3 aromatic rings. The van der Waals surface area contributed by atoms with E-state index in [4.69, 9.17) is 4.74 Å². The van der Waals surface area contributed by atoms with Gasteiger partial charge in [-0.25, -0.2) is 0 Å². The van der Waals surface area contributed by atoms with E-state index in [1.54, 1.807) is 38.3 Å². The molecule has 1 saturated heterocycles. The zero-order chi connectivity index (χ0) is 23.6. The summed E-state index contributed by atoms with van der Waals surface area (Å²) in [5.74, 6) is -0.580. The second kappa shape index (κ2) is 7.26. The van der Waals surface area contributed by atoms with E-state index in [2.05, 4.69) is 0 Å². The number of carbonyl (C=O) groups is 3. The van der Waals surface area contributed by atoms with Crippen LogP contribution in [0, 0.1) is 5.41 Å². The predicted molar refractivity (Wildman–Crippen MR) is 129 cm³/mol. The van der Waals surface area contributed by atoms with E-state index in [0.29, 0.717) is 16.9 Å². The molecular weight excluding hydrogens is 426 g/mol. The highest BCUT2D eigenvalue weighted by Crippen LogP contribution is 2.60. The maximum atomic E-state index is 14.3. The number of ether oxygens (including phenoxy) is 1. The zero-order valence-electron chi connectivity index (χ0n) is 18.9. The lowest BCUT2D eigenvalue weighted by molar-refractivity contribution is -0.118. The molecule has 34 heavy (non-hydrogen) atoms. The minimum Gasteiger partial charge on any atom is -0.497 e. The number of benzene rings is 3. The van der Waals surface area contributed by atoms with Crippen LogP contribution in [0.25, 0.3) is 6.08 Å². The maximum absolute atomic E-state index is 14.3. The summed E-state index contributed by atoms with van der Waals surface area (Å²) < 4.78 is 5.47. The number of hydrogen-bond donors (Lipinski definition) is 0. The van der Waals surface area contributed by atoms with Crippen molar-refractivity contribution < 1.29 is 19.1 Å².